The monoisotopic (exact) mass is 460 g/mol. The molecule has 0 unspecified atom stereocenters. The molecule has 2 bridgehead atoms. The van der Waals surface area contributed by atoms with Crippen LogP contribution in [0.3, 0.4) is 0 Å². The molecule has 0 aromatic heterocycles. The Hall–Kier alpha value is -1.51. The number of fused-ring (bicyclic) bond motifs is 2. The van der Waals surface area contributed by atoms with Crippen LogP contribution in [-0.4, -0.2) is 36.5 Å². The predicted octanol–water partition coefficient (Wildman–Crippen LogP) is 4.91. The number of carbonyl (C=O) groups excluding carboxylic acids is 1. The fraction of sp³-hybridized carbons (Fsp3) is 0.731. The molecule has 4 saturated heterocycles. The normalized spacial score (nSPS) is 42.8. The van der Waals surface area contributed by atoms with Crippen LogP contribution >= 0.6 is 0 Å². The minimum atomic E-state index is -0.827. The van der Waals surface area contributed by atoms with Crippen LogP contribution in [0.15, 0.2) is 30.3 Å². The maximum atomic E-state index is 12.4. The summed E-state index contributed by atoms with van der Waals surface area (Å²) in [4.78, 5) is 24.5. The molecule has 4 heterocycles. The van der Waals surface area contributed by atoms with Crippen molar-refractivity contribution in [2.45, 2.75) is 89.9 Å². The van der Waals surface area contributed by atoms with Crippen LogP contribution < -0.4 is 0 Å². The first-order valence-corrected chi connectivity index (χ1v) is 12.4. The molecule has 1 saturated carbocycles. The Morgan fingerprint density at radius 1 is 1.12 bits per heavy atom. The lowest BCUT2D eigenvalue weighted by molar-refractivity contribution is -0.578. The van der Waals surface area contributed by atoms with Gasteiger partial charge in [0.2, 0.25) is 5.79 Å². The van der Waals surface area contributed by atoms with Crippen molar-refractivity contribution in [1.29, 1.82) is 0 Å². The first-order valence-electron chi connectivity index (χ1n) is 12.4. The first kappa shape index (κ1) is 23.2. The van der Waals surface area contributed by atoms with Crippen LogP contribution in [0.1, 0.15) is 71.5 Å². The third kappa shape index (κ3) is 4.02. The Bertz CT molecular complexity index is 846. The zero-order valence-electron chi connectivity index (χ0n) is 20.0. The van der Waals surface area contributed by atoms with Gasteiger partial charge in [0.05, 0.1) is 19.1 Å². The predicted molar refractivity (Wildman–Crippen MR) is 118 cm³/mol. The van der Waals surface area contributed by atoms with Gasteiger partial charge >= 0.3 is 5.97 Å². The van der Waals surface area contributed by atoms with E-state index in [0.29, 0.717) is 18.4 Å². The van der Waals surface area contributed by atoms with Crippen molar-refractivity contribution in [2.24, 2.45) is 23.7 Å². The summed E-state index contributed by atoms with van der Waals surface area (Å²) in [5.74, 6) is -0.0915. The summed E-state index contributed by atoms with van der Waals surface area (Å²) in [7, 11) is 0. The van der Waals surface area contributed by atoms with E-state index in [1.165, 1.54) is 0 Å². The second-order valence-electron chi connectivity index (χ2n) is 10.3. The molecule has 1 spiro atoms. The molecule has 182 valence electrons. The molecule has 0 amide bonds. The van der Waals surface area contributed by atoms with E-state index < -0.39 is 30.1 Å². The number of benzene rings is 1. The summed E-state index contributed by atoms with van der Waals surface area (Å²) in [5.41, 5.74) is 0.294. The minimum absolute atomic E-state index is 0.0410. The topological polar surface area (TPSA) is 72.5 Å². The average Bonchev–Trinajstić information content (AvgIpc) is 3.03. The van der Waals surface area contributed by atoms with Crippen molar-refractivity contribution in [3.63, 3.8) is 0 Å². The van der Waals surface area contributed by atoms with Gasteiger partial charge in [0.1, 0.15) is 0 Å². The van der Waals surface area contributed by atoms with E-state index in [0.717, 1.165) is 31.2 Å². The Labute approximate surface area is 195 Å². The van der Waals surface area contributed by atoms with Crippen LogP contribution in [0.4, 0.5) is 0 Å². The SMILES string of the molecule is CCOC(=O)C[C@H](O[C@H]1O[C@@H]2O[C@@]3(C)CC[C@H]4[C@H](C)CC[C@@H]([C@H]1C)[C@@]24OO3)c1ccccc1. The van der Waals surface area contributed by atoms with E-state index in [1.807, 2.05) is 44.2 Å². The fourth-order valence-electron chi connectivity index (χ4n) is 6.47. The highest BCUT2D eigenvalue weighted by molar-refractivity contribution is 5.70. The van der Waals surface area contributed by atoms with Crippen molar-refractivity contribution in [2.75, 3.05) is 6.61 Å². The van der Waals surface area contributed by atoms with Gasteiger partial charge in [0, 0.05) is 18.3 Å². The summed E-state index contributed by atoms with van der Waals surface area (Å²) < 4.78 is 24.7. The lowest BCUT2D eigenvalue weighted by atomic mass is 9.58. The molecule has 6 rings (SSSR count). The largest absolute Gasteiger partial charge is 0.466 e. The maximum Gasteiger partial charge on any atom is 0.308 e. The number of esters is 1. The van der Waals surface area contributed by atoms with E-state index in [9.17, 15) is 4.79 Å². The van der Waals surface area contributed by atoms with Gasteiger partial charge < -0.3 is 18.9 Å². The van der Waals surface area contributed by atoms with Crippen LogP contribution in [0.2, 0.25) is 0 Å². The number of carbonyl (C=O) groups is 1. The van der Waals surface area contributed by atoms with Gasteiger partial charge in [0.15, 0.2) is 18.2 Å². The third-order valence-corrected chi connectivity index (χ3v) is 8.22. The highest BCUT2D eigenvalue weighted by Gasteiger charge is 2.69. The van der Waals surface area contributed by atoms with Gasteiger partial charge in [0.25, 0.3) is 0 Å². The summed E-state index contributed by atoms with van der Waals surface area (Å²) in [6.07, 6.45) is 2.43. The van der Waals surface area contributed by atoms with Gasteiger partial charge in [-0.1, -0.05) is 44.2 Å². The number of hydrogen-bond donors (Lipinski definition) is 0. The van der Waals surface area contributed by atoms with Crippen molar-refractivity contribution in [1.82, 2.24) is 0 Å². The molecule has 4 aliphatic heterocycles. The third-order valence-electron chi connectivity index (χ3n) is 8.22. The highest BCUT2D eigenvalue weighted by atomic mass is 17.3. The van der Waals surface area contributed by atoms with Gasteiger partial charge in [-0.3, -0.25) is 4.79 Å². The highest BCUT2D eigenvalue weighted by Crippen LogP contribution is 2.60. The van der Waals surface area contributed by atoms with Gasteiger partial charge in [-0.05, 0) is 50.5 Å². The molecule has 0 N–H and O–H groups in total. The van der Waals surface area contributed by atoms with Crippen molar-refractivity contribution >= 4 is 5.97 Å². The quantitative estimate of drug-likeness (QED) is 0.441. The second kappa shape index (κ2) is 8.93. The van der Waals surface area contributed by atoms with Crippen molar-refractivity contribution < 1.29 is 33.5 Å². The molecule has 1 aliphatic carbocycles. The van der Waals surface area contributed by atoms with Crippen LogP contribution in [0.5, 0.6) is 0 Å². The second-order valence-corrected chi connectivity index (χ2v) is 10.3. The summed E-state index contributed by atoms with van der Waals surface area (Å²) in [6.45, 7) is 8.52. The Morgan fingerprint density at radius 2 is 1.91 bits per heavy atom. The fourth-order valence-corrected chi connectivity index (χ4v) is 6.47. The van der Waals surface area contributed by atoms with Crippen molar-refractivity contribution in [3.8, 4) is 0 Å². The number of ether oxygens (including phenoxy) is 4. The molecule has 33 heavy (non-hydrogen) atoms. The Morgan fingerprint density at radius 3 is 2.67 bits per heavy atom. The smallest absolute Gasteiger partial charge is 0.308 e. The van der Waals surface area contributed by atoms with E-state index in [1.54, 1.807) is 0 Å². The standard InChI is InChI=1S/C26H36O7/c1-5-28-22(27)15-21(18-9-7-6-8-10-18)29-23-17(3)20-12-11-16(2)19-13-14-25(4)31-24(30-23)26(19,20)33-32-25/h6-10,16-17,19-21,23-24H,5,11-15H2,1-4H3/t16-,17-,19+,20+,21+,23+,24-,25-,26-/m1/s1. The van der Waals surface area contributed by atoms with Crippen LogP contribution in [0, 0.1) is 23.7 Å². The van der Waals surface area contributed by atoms with Gasteiger partial charge in [-0.25, -0.2) is 9.78 Å². The Balaban J connectivity index is 1.43. The Kier molecular flexibility index (Phi) is 6.29. The first-order chi connectivity index (χ1) is 15.9. The molecule has 5 aliphatic rings. The molecule has 7 nitrogen and oxygen atoms in total. The minimum Gasteiger partial charge on any atom is -0.466 e. The summed E-state index contributed by atoms with van der Waals surface area (Å²) >= 11 is 0. The average molecular weight is 461 g/mol. The molecule has 5 fully saturated rings. The lowest BCUT2D eigenvalue weighted by Crippen LogP contribution is -2.70. The van der Waals surface area contributed by atoms with E-state index in [2.05, 4.69) is 13.8 Å². The zero-order chi connectivity index (χ0) is 23.2. The zero-order valence-corrected chi connectivity index (χ0v) is 20.0. The van der Waals surface area contributed by atoms with Crippen LogP contribution in [0.25, 0.3) is 0 Å². The van der Waals surface area contributed by atoms with E-state index >= 15 is 0 Å². The molecular weight excluding hydrogens is 424 g/mol. The van der Waals surface area contributed by atoms with E-state index in [-0.39, 0.29) is 24.2 Å². The molecule has 0 radical (unpaired) electrons. The maximum absolute atomic E-state index is 12.4. The van der Waals surface area contributed by atoms with Crippen LogP contribution in [-0.2, 0) is 33.5 Å². The number of rotatable bonds is 6. The molecule has 1 aromatic rings. The molecular formula is C26H36O7. The number of hydrogen-bond acceptors (Lipinski definition) is 7. The van der Waals surface area contributed by atoms with E-state index in [4.69, 9.17) is 28.7 Å². The lowest BCUT2D eigenvalue weighted by Gasteiger charge is -2.60. The summed E-state index contributed by atoms with van der Waals surface area (Å²) in [5, 5.41) is 0. The summed E-state index contributed by atoms with van der Waals surface area (Å²) in [6, 6.07) is 9.79. The molecule has 1 aromatic carbocycles. The molecule has 7 heteroatoms. The van der Waals surface area contributed by atoms with Crippen molar-refractivity contribution in [3.05, 3.63) is 35.9 Å². The molecule has 9 atom stereocenters. The van der Waals surface area contributed by atoms with Gasteiger partial charge in [-0.2, -0.15) is 0 Å². The van der Waals surface area contributed by atoms with Gasteiger partial charge in [-0.15, -0.1) is 0 Å².